The van der Waals surface area contributed by atoms with E-state index in [2.05, 4.69) is 10.1 Å². The van der Waals surface area contributed by atoms with Crippen molar-refractivity contribution >= 4 is 0 Å². The average Bonchev–Trinajstić information content (AvgIpc) is 2.81. The average molecular weight is 264 g/mol. The quantitative estimate of drug-likeness (QED) is 0.890. The van der Waals surface area contributed by atoms with Crippen LogP contribution >= 0.6 is 0 Å². The second-order valence-corrected chi connectivity index (χ2v) is 4.10. The summed E-state index contributed by atoms with van der Waals surface area (Å²) in [5, 5.41) is 13.3. The molecule has 6 heteroatoms. The zero-order valence-electron chi connectivity index (χ0n) is 11.1. The largest absolute Gasteiger partial charge is 0.493 e. The lowest BCUT2D eigenvalue weighted by Gasteiger charge is -2.12. The first-order valence-corrected chi connectivity index (χ1v) is 5.88. The number of nitrogens with zero attached hydrogens (tertiary/aromatic N) is 2. The van der Waals surface area contributed by atoms with E-state index >= 15 is 0 Å². The number of methoxy groups -OCH3 is 1. The highest BCUT2D eigenvalue weighted by atomic mass is 16.5. The van der Waals surface area contributed by atoms with Crippen LogP contribution in [0, 0.1) is 6.92 Å². The number of rotatable bonds is 5. The Morgan fingerprint density at radius 2 is 2.16 bits per heavy atom. The van der Waals surface area contributed by atoms with Crippen LogP contribution in [-0.4, -0.2) is 22.4 Å². The van der Waals surface area contributed by atoms with Crippen LogP contribution in [0.1, 0.15) is 30.3 Å². The van der Waals surface area contributed by atoms with Crippen LogP contribution in [0.15, 0.2) is 22.7 Å². The standard InChI is InChI=1S/C13H16N2O4/c1-8(16)10-4-5-11(12(6-10)17-3)18-7-13-14-9(2)19-15-13/h4-6,8,16H,7H2,1-3H3/t8-/m0/s1. The van der Waals surface area contributed by atoms with Crippen molar-refractivity contribution in [3.63, 3.8) is 0 Å². The molecule has 2 aromatic rings. The van der Waals surface area contributed by atoms with Gasteiger partial charge in [-0.2, -0.15) is 4.98 Å². The minimum Gasteiger partial charge on any atom is -0.493 e. The van der Waals surface area contributed by atoms with Crippen LogP contribution in [0.4, 0.5) is 0 Å². The SMILES string of the molecule is COc1cc([C@H](C)O)ccc1OCc1noc(C)n1. The number of aryl methyl sites for hydroxylation is 1. The summed E-state index contributed by atoms with van der Waals surface area (Å²) < 4.78 is 15.7. The molecule has 0 aliphatic heterocycles. The minimum atomic E-state index is -0.553. The predicted molar refractivity (Wildman–Crippen MR) is 67.0 cm³/mol. The van der Waals surface area contributed by atoms with Crippen molar-refractivity contribution in [2.45, 2.75) is 26.6 Å². The molecule has 0 saturated heterocycles. The van der Waals surface area contributed by atoms with E-state index in [1.807, 2.05) is 0 Å². The number of aliphatic hydroxyl groups is 1. The lowest BCUT2D eigenvalue weighted by Crippen LogP contribution is -2.00. The molecule has 102 valence electrons. The van der Waals surface area contributed by atoms with Gasteiger partial charge in [0.15, 0.2) is 18.1 Å². The van der Waals surface area contributed by atoms with Crippen molar-refractivity contribution < 1.29 is 19.1 Å². The molecule has 0 fully saturated rings. The lowest BCUT2D eigenvalue weighted by atomic mass is 10.1. The van der Waals surface area contributed by atoms with E-state index in [0.717, 1.165) is 5.56 Å². The Balaban J connectivity index is 2.11. The van der Waals surface area contributed by atoms with Crippen LogP contribution in [0.25, 0.3) is 0 Å². The molecule has 1 aromatic carbocycles. The molecule has 1 aromatic heterocycles. The summed E-state index contributed by atoms with van der Waals surface area (Å²) >= 11 is 0. The Labute approximate surface area is 111 Å². The zero-order chi connectivity index (χ0) is 13.8. The molecular formula is C13H16N2O4. The van der Waals surface area contributed by atoms with Gasteiger partial charge in [0, 0.05) is 6.92 Å². The summed E-state index contributed by atoms with van der Waals surface area (Å²) in [7, 11) is 1.55. The monoisotopic (exact) mass is 264 g/mol. The highest BCUT2D eigenvalue weighted by molar-refractivity contribution is 5.43. The highest BCUT2D eigenvalue weighted by Crippen LogP contribution is 2.30. The molecule has 1 heterocycles. The van der Waals surface area contributed by atoms with Gasteiger partial charge in [-0.15, -0.1) is 0 Å². The van der Waals surface area contributed by atoms with Gasteiger partial charge in [0.25, 0.3) is 0 Å². The highest BCUT2D eigenvalue weighted by Gasteiger charge is 2.10. The van der Waals surface area contributed by atoms with Crippen molar-refractivity contribution in [1.29, 1.82) is 0 Å². The van der Waals surface area contributed by atoms with Gasteiger partial charge < -0.3 is 19.1 Å². The van der Waals surface area contributed by atoms with Gasteiger partial charge in [0.1, 0.15) is 0 Å². The Hall–Kier alpha value is -2.08. The fourth-order valence-corrected chi connectivity index (χ4v) is 1.61. The number of hydrogen-bond donors (Lipinski definition) is 1. The van der Waals surface area contributed by atoms with Crippen molar-refractivity contribution in [3.05, 3.63) is 35.5 Å². The molecule has 0 aliphatic carbocycles. The van der Waals surface area contributed by atoms with Gasteiger partial charge in [0.2, 0.25) is 11.7 Å². The normalized spacial score (nSPS) is 12.2. The number of aromatic nitrogens is 2. The van der Waals surface area contributed by atoms with Gasteiger partial charge in [-0.3, -0.25) is 0 Å². The molecule has 6 nitrogen and oxygen atoms in total. The zero-order valence-corrected chi connectivity index (χ0v) is 11.1. The van der Waals surface area contributed by atoms with Crippen LogP contribution in [-0.2, 0) is 6.61 Å². The maximum Gasteiger partial charge on any atom is 0.223 e. The number of ether oxygens (including phenoxy) is 2. The first-order chi connectivity index (χ1) is 9.10. The topological polar surface area (TPSA) is 77.6 Å². The molecule has 0 aliphatic rings. The van der Waals surface area contributed by atoms with Crippen molar-refractivity contribution in [1.82, 2.24) is 10.1 Å². The molecule has 0 radical (unpaired) electrons. The number of hydrogen-bond acceptors (Lipinski definition) is 6. The van der Waals surface area contributed by atoms with Gasteiger partial charge in [-0.25, -0.2) is 0 Å². The first kappa shape index (κ1) is 13.4. The van der Waals surface area contributed by atoms with Crippen molar-refractivity contribution in [3.8, 4) is 11.5 Å². The van der Waals surface area contributed by atoms with Gasteiger partial charge in [-0.05, 0) is 24.6 Å². The Morgan fingerprint density at radius 1 is 1.37 bits per heavy atom. The molecule has 0 bridgehead atoms. The van der Waals surface area contributed by atoms with Crippen molar-refractivity contribution in [2.24, 2.45) is 0 Å². The Kier molecular flexibility index (Phi) is 4.01. The van der Waals surface area contributed by atoms with Crippen molar-refractivity contribution in [2.75, 3.05) is 7.11 Å². The van der Waals surface area contributed by atoms with E-state index in [1.165, 1.54) is 0 Å². The second-order valence-electron chi connectivity index (χ2n) is 4.10. The fourth-order valence-electron chi connectivity index (χ4n) is 1.61. The van der Waals surface area contributed by atoms with E-state index in [-0.39, 0.29) is 6.61 Å². The Bertz CT molecular complexity index is 551. The fraction of sp³-hybridized carbons (Fsp3) is 0.385. The third kappa shape index (κ3) is 3.23. The summed E-state index contributed by atoms with van der Waals surface area (Å²) in [6, 6.07) is 5.26. The number of benzene rings is 1. The summed E-state index contributed by atoms with van der Waals surface area (Å²) in [5.41, 5.74) is 0.764. The molecule has 19 heavy (non-hydrogen) atoms. The van der Waals surface area contributed by atoms with Crippen LogP contribution < -0.4 is 9.47 Å². The summed E-state index contributed by atoms with van der Waals surface area (Å²) in [6.07, 6.45) is -0.553. The minimum absolute atomic E-state index is 0.196. The molecule has 0 saturated carbocycles. The molecule has 0 spiro atoms. The van der Waals surface area contributed by atoms with E-state index in [1.54, 1.807) is 39.2 Å². The first-order valence-electron chi connectivity index (χ1n) is 5.88. The molecule has 1 atom stereocenters. The van der Waals surface area contributed by atoms with Crippen LogP contribution in [0.3, 0.4) is 0 Å². The third-order valence-electron chi connectivity index (χ3n) is 2.60. The molecule has 0 unspecified atom stereocenters. The molecule has 0 amide bonds. The van der Waals surface area contributed by atoms with E-state index in [4.69, 9.17) is 14.0 Å². The molecular weight excluding hydrogens is 248 g/mol. The van der Waals surface area contributed by atoms with E-state index < -0.39 is 6.10 Å². The summed E-state index contributed by atoms with van der Waals surface area (Å²) in [6.45, 7) is 3.60. The summed E-state index contributed by atoms with van der Waals surface area (Å²) in [4.78, 5) is 4.04. The van der Waals surface area contributed by atoms with Crippen LogP contribution in [0.5, 0.6) is 11.5 Å². The van der Waals surface area contributed by atoms with Gasteiger partial charge in [-0.1, -0.05) is 11.2 Å². The van der Waals surface area contributed by atoms with E-state index in [9.17, 15) is 5.11 Å². The predicted octanol–water partition coefficient (Wildman–Crippen LogP) is 2.02. The Morgan fingerprint density at radius 3 is 2.74 bits per heavy atom. The number of aliphatic hydroxyl groups excluding tert-OH is 1. The summed E-state index contributed by atoms with van der Waals surface area (Å²) in [5.74, 6) is 2.09. The van der Waals surface area contributed by atoms with E-state index in [0.29, 0.717) is 23.2 Å². The maximum atomic E-state index is 9.52. The smallest absolute Gasteiger partial charge is 0.223 e. The second kappa shape index (κ2) is 5.71. The maximum absolute atomic E-state index is 9.52. The third-order valence-corrected chi connectivity index (χ3v) is 2.60. The molecule has 1 N–H and O–H groups in total. The van der Waals surface area contributed by atoms with Gasteiger partial charge in [0.05, 0.1) is 13.2 Å². The molecule has 2 rings (SSSR count). The van der Waals surface area contributed by atoms with Crippen LogP contribution in [0.2, 0.25) is 0 Å². The van der Waals surface area contributed by atoms with Gasteiger partial charge >= 0.3 is 0 Å². The lowest BCUT2D eigenvalue weighted by molar-refractivity contribution is 0.198.